The van der Waals surface area contributed by atoms with Crippen molar-refractivity contribution in [3.63, 3.8) is 0 Å². The SMILES string of the molecule is CNCc1ccc(S(=O)(=O)N(CC(C)C)CC(C)C)s1. The summed E-state index contributed by atoms with van der Waals surface area (Å²) in [5, 5.41) is 3.04. The molecule has 0 fully saturated rings. The fourth-order valence-electron chi connectivity index (χ4n) is 1.98. The van der Waals surface area contributed by atoms with Crippen LogP contribution in [-0.2, 0) is 16.6 Å². The minimum atomic E-state index is -3.36. The molecule has 1 aromatic heterocycles. The topological polar surface area (TPSA) is 49.4 Å². The summed E-state index contributed by atoms with van der Waals surface area (Å²) in [5.74, 6) is 0.639. The third-order valence-corrected chi connectivity index (χ3v) is 6.10. The van der Waals surface area contributed by atoms with Gasteiger partial charge in [-0.25, -0.2) is 8.42 Å². The van der Waals surface area contributed by atoms with Crippen molar-refractivity contribution in [3.8, 4) is 0 Å². The quantitative estimate of drug-likeness (QED) is 0.802. The largest absolute Gasteiger partial charge is 0.315 e. The molecule has 0 saturated carbocycles. The van der Waals surface area contributed by atoms with Crippen LogP contribution in [0.25, 0.3) is 0 Å². The number of nitrogens with one attached hydrogen (secondary N) is 1. The highest BCUT2D eigenvalue weighted by Gasteiger charge is 2.27. The van der Waals surface area contributed by atoms with Crippen LogP contribution in [0.15, 0.2) is 16.3 Å². The monoisotopic (exact) mass is 318 g/mol. The zero-order valence-electron chi connectivity index (χ0n) is 13.0. The van der Waals surface area contributed by atoms with Gasteiger partial charge in [-0.05, 0) is 31.0 Å². The molecule has 0 aliphatic rings. The van der Waals surface area contributed by atoms with Gasteiger partial charge in [-0.15, -0.1) is 11.3 Å². The van der Waals surface area contributed by atoms with E-state index >= 15 is 0 Å². The molecule has 0 aromatic carbocycles. The van der Waals surface area contributed by atoms with Gasteiger partial charge in [0.2, 0.25) is 0 Å². The van der Waals surface area contributed by atoms with E-state index in [1.807, 2.05) is 40.8 Å². The third kappa shape index (κ3) is 4.84. The van der Waals surface area contributed by atoms with Crippen molar-refractivity contribution in [1.82, 2.24) is 9.62 Å². The molecular weight excluding hydrogens is 292 g/mol. The molecule has 1 aromatic rings. The van der Waals surface area contributed by atoms with Gasteiger partial charge in [-0.2, -0.15) is 4.31 Å². The van der Waals surface area contributed by atoms with Crippen molar-refractivity contribution in [3.05, 3.63) is 17.0 Å². The summed E-state index contributed by atoms with van der Waals surface area (Å²) < 4.78 is 27.5. The van der Waals surface area contributed by atoms with Gasteiger partial charge in [0.15, 0.2) is 0 Å². The highest BCUT2D eigenvalue weighted by molar-refractivity contribution is 7.91. The fraction of sp³-hybridized carbons (Fsp3) is 0.714. The Morgan fingerprint density at radius 1 is 1.15 bits per heavy atom. The van der Waals surface area contributed by atoms with Gasteiger partial charge in [-0.1, -0.05) is 27.7 Å². The number of thiophene rings is 1. The van der Waals surface area contributed by atoms with E-state index in [4.69, 9.17) is 0 Å². The first kappa shape index (κ1) is 17.6. The Hall–Kier alpha value is -0.430. The van der Waals surface area contributed by atoms with Gasteiger partial charge in [-0.3, -0.25) is 0 Å². The van der Waals surface area contributed by atoms with Crippen LogP contribution < -0.4 is 5.32 Å². The first-order chi connectivity index (χ1) is 9.27. The Morgan fingerprint density at radius 2 is 1.70 bits per heavy atom. The van der Waals surface area contributed by atoms with E-state index in [2.05, 4.69) is 5.32 Å². The van der Waals surface area contributed by atoms with E-state index in [0.29, 0.717) is 35.7 Å². The lowest BCUT2D eigenvalue weighted by molar-refractivity contribution is 0.334. The Morgan fingerprint density at radius 3 is 2.15 bits per heavy atom. The van der Waals surface area contributed by atoms with E-state index in [1.165, 1.54) is 11.3 Å². The minimum absolute atomic E-state index is 0.320. The maximum absolute atomic E-state index is 12.7. The summed E-state index contributed by atoms with van der Waals surface area (Å²) in [6.45, 7) is 10.0. The summed E-state index contributed by atoms with van der Waals surface area (Å²) in [5.41, 5.74) is 0. The lowest BCUT2D eigenvalue weighted by Gasteiger charge is -2.24. The average molecular weight is 319 g/mol. The van der Waals surface area contributed by atoms with Crippen molar-refractivity contribution in [2.45, 2.75) is 38.4 Å². The standard InChI is InChI=1S/C14H26N2O2S2/c1-11(2)9-16(10-12(3)4)20(17,18)14-7-6-13(19-14)8-15-5/h6-7,11-12,15H,8-10H2,1-5H3. The van der Waals surface area contributed by atoms with Crippen molar-refractivity contribution >= 4 is 21.4 Å². The molecule has 0 amide bonds. The molecule has 20 heavy (non-hydrogen) atoms. The average Bonchev–Trinajstić information content (AvgIpc) is 2.76. The summed E-state index contributed by atoms with van der Waals surface area (Å²) in [6, 6.07) is 3.61. The Balaban J connectivity index is 3.01. The molecular formula is C14H26N2O2S2. The Labute approximate surface area is 127 Å². The molecule has 4 nitrogen and oxygen atoms in total. The summed E-state index contributed by atoms with van der Waals surface area (Å²) >= 11 is 1.35. The van der Waals surface area contributed by atoms with Gasteiger partial charge >= 0.3 is 0 Å². The summed E-state index contributed by atoms with van der Waals surface area (Å²) in [4.78, 5) is 1.04. The van der Waals surface area contributed by atoms with Crippen molar-refractivity contribution in [1.29, 1.82) is 0 Å². The zero-order valence-corrected chi connectivity index (χ0v) is 14.6. The first-order valence-corrected chi connectivity index (χ1v) is 9.26. The molecule has 0 aliphatic heterocycles. The number of sulfonamides is 1. The fourth-order valence-corrected chi connectivity index (χ4v) is 5.27. The maximum atomic E-state index is 12.7. The van der Waals surface area contributed by atoms with Crippen LogP contribution in [-0.4, -0.2) is 32.9 Å². The van der Waals surface area contributed by atoms with Crippen LogP contribution in [0.4, 0.5) is 0 Å². The van der Waals surface area contributed by atoms with Crippen LogP contribution in [0, 0.1) is 11.8 Å². The normalized spacial score (nSPS) is 12.8. The third-order valence-electron chi connectivity index (χ3n) is 2.72. The molecule has 0 bridgehead atoms. The molecule has 116 valence electrons. The number of hydrogen-bond acceptors (Lipinski definition) is 4. The van der Waals surface area contributed by atoms with E-state index in [-0.39, 0.29) is 0 Å². The van der Waals surface area contributed by atoms with Crippen LogP contribution in [0.3, 0.4) is 0 Å². The second-order valence-electron chi connectivity index (χ2n) is 5.86. The van der Waals surface area contributed by atoms with Crippen LogP contribution >= 0.6 is 11.3 Å². The molecule has 6 heteroatoms. The number of nitrogens with zero attached hydrogens (tertiary/aromatic N) is 1. The highest BCUT2D eigenvalue weighted by atomic mass is 32.2. The molecule has 0 atom stereocenters. The van der Waals surface area contributed by atoms with Gasteiger partial charge in [0, 0.05) is 24.5 Å². The van der Waals surface area contributed by atoms with Crippen molar-refractivity contribution in [2.24, 2.45) is 11.8 Å². The lowest BCUT2D eigenvalue weighted by atomic mass is 10.2. The molecule has 1 heterocycles. The number of rotatable bonds is 8. The molecule has 0 saturated heterocycles. The highest BCUT2D eigenvalue weighted by Crippen LogP contribution is 2.26. The van der Waals surface area contributed by atoms with E-state index < -0.39 is 10.0 Å². The molecule has 0 unspecified atom stereocenters. The number of hydrogen-bond donors (Lipinski definition) is 1. The molecule has 1 rings (SSSR count). The Bertz CT molecular complexity index is 497. The first-order valence-electron chi connectivity index (χ1n) is 7.00. The predicted octanol–water partition coefficient (Wildman–Crippen LogP) is 2.77. The van der Waals surface area contributed by atoms with E-state index in [1.54, 1.807) is 10.4 Å². The second kappa shape index (κ2) is 7.54. The summed E-state index contributed by atoms with van der Waals surface area (Å²) in [7, 11) is -1.51. The van der Waals surface area contributed by atoms with E-state index in [9.17, 15) is 8.42 Å². The molecule has 0 spiro atoms. The van der Waals surface area contributed by atoms with Crippen LogP contribution in [0.2, 0.25) is 0 Å². The van der Waals surface area contributed by atoms with Crippen molar-refractivity contribution < 1.29 is 8.42 Å². The van der Waals surface area contributed by atoms with E-state index in [0.717, 1.165) is 4.88 Å². The minimum Gasteiger partial charge on any atom is -0.315 e. The second-order valence-corrected chi connectivity index (χ2v) is 9.19. The predicted molar refractivity (Wildman–Crippen MR) is 85.5 cm³/mol. The Kier molecular flexibility index (Phi) is 6.64. The molecule has 1 N–H and O–H groups in total. The van der Waals surface area contributed by atoms with Gasteiger partial charge < -0.3 is 5.32 Å². The van der Waals surface area contributed by atoms with Gasteiger partial charge in [0.25, 0.3) is 10.0 Å². The molecule has 0 radical (unpaired) electrons. The van der Waals surface area contributed by atoms with Crippen LogP contribution in [0.5, 0.6) is 0 Å². The van der Waals surface area contributed by atoms with Gasteiger partial charge in [0.1, 0.15) is 4.21 Å². The maximum Gasteiger partial charge on any atom is 0.252 e. The smallest absolute Gasteiger partial charge is 0.252 e. The zero-order chi connectivity index (χ0) is 15.3. The molecule has 0 aliphatic carbocycles. The van der Waals surface area contributed by atoms with Crippen LogP contribution in [0.1, 0.15) is 32.6 Å². The lowest BCUT2D eigenvalue weighted by Crippen LogP contribution is -2.36. The van der Waals surface area contributed by atoms with Gasteiger partial charge in [0.05, 0.1) is 0 Å². The summed E-state index contributed by atoms with van der Waals surface area (Å²) in [6.07, 6.45) is 0. The van der Waals surface area contributed by atoms with Crippen molar-refractivity contribution in [2.75, 3.05) is 20.1 Å².